The second-order valence-electron chi connectivity index (χ2n) is 4.52. The molecule has 0 aromatic rings. The van der Waals surface area contributed by atoms with Gasteiger partial charge in [0.05, 0.1) is 6.61 Å². The molecule has 1 aliphatic carbocycles. The predicted molar refractivity (Wildman–Crippen MR) is 65.7 cm³/mol. The highest BCUT2D eigenvalue weighted by Crippen LogP contribution is 2.32. The summed E-state index contributed by atoms with van der Waals surface area (Å²) in [6.45, 7) is 4.05. The van der Waals surface area contributed by atoms with Crippen LogP contribution >= 0.6 is 11.6 Å². The van der Waals surface area contributed by atoms with Gasteiger partial charge in [0, 0.05) is 32.0 Å². The van der Waals surface area contributed by atoms with E-state index in [1.54, 1.807) is 7.11 Å². The Bertz CT molecular complexity index is 223. The van der Waals surface area contributed by atoms with Gasteiger partial charge in [-0.3, -0.25) is 4.79 Å². The highest BCUT2D eigenvalue weighted by molar-refractivity contribution is 6.18. The first kappa shape index (κ1) is 13.8. The number of halogens is 1. The molecule has 2 unspecified atom stereocenters. The summed E-state index contributed by atoms with van der Waals surface area (Å²) < 4.78 is 5.02. The molecule has 4 heteroatoms. The monoisotopic (exact) mass is 247 g/mol. The molecule has 0 bridgehead atoms. The number of alkyl halides is 1. The van der Waals surface area contributed by atoms with E-state index in [1.165, 1.54) is 12.8 Å². The lowest BCUT2D eigenvalue weighted by atomic mass is 9.96. The van der Waals surface area contributed by atoms with Gasteiger partial charge in [0.25, 0.3) is 0 Å². The van der Waals surface area contributed by atoms with Gasteiger partial charge in [-0.25, -0.2) is 0 Å². The lowest BCUT2D eigenvalue weighted by molar-refractivity contribution is -0.136. The zero-order valence-corrected chi connectivity index (χ0v) is 11.0. The topological polar surface area (TPSA) is 29.5 Å². The minimum atomic E-state index is 0.208. The molecule has 3 nitrogen and oxygen atoms in total. The van der Waals surface area contributed by atoms with E-state index in [9.17, 15) is 4.79 Å². The van der Waals surface area contributed by atoms with Gasteiger partial charge in [-0.15, -0.1) is 11.6 Å². The number of hydrogen-bond acceptors (Lipinski definition) is 2. The Morgan fingerprint density at radius 3 is 2.69 bits per heavy atom. The molecule has 0 N–H and O–H groups in total. The molecule has 0 aromatic heterocycles. The fourth-order valence-electron chi connectivity index (χ4n) is 2.38. The average Bonchev–Trinajstić information content (AvgIpc) is 2.69. The lowest BCUT2D eigenvalue weighted by Gasteiger charge is -2.26. The summed E-state index contributed by atoms with van der Waals surface area (Å²) in [5.41, 5.74) is 0. The van der Waals surface area contributed by atoms with Crippen molar-refractivity contribution in [1.29, 1.82) is 0 Å². The molecular weight excluding hydrogens is 226 g/mol. The van der Waals surface area contributed by atoms with Gasteiger partial charge in [0.2, 0.25) is 5.91 Å². The van der Waals surface area contributed by atoms with Crippen molar-refractivity contribution in [3.63, 3.8) is 0 Å². The van der Waals surface area contributed by atoms with Crippen LogP contribution in [0.2, 0.25) is 0 Å². The van der Waals surface area contributed by atoms with Crippen LogP contribution in [-0.4, -0.2) is 43.5 Å². The summed E-state index contributed by atoms with van der Waals surface area (Å²) in [7, 11) is 1.65. The van der Waals surface area contributed by atoms with Crippen LogP contribution in [0.4, 0.5) is 0 Å². The van der Waals surface area contributed by atoms with E-state index < -0.39 is 0 Å². The van der Waals surface area contributed by atoms with E-state index in [0.29, 0.717) is 31.5 Å². The van der Waals surface area contributed by atoms with Gasteiger partial charge in [0.1, 0.15) is 0 Å². The highest BCUT2D eigenvalue weighted by Gasteiger charge is 2.32. The number of ether oxygens (including phenoxy) is 1. The Kier molecular flexibility index (Phi) is 6.14. The summed E-state index contributed by atoms with van der Waals surface area (Å²) in [4.78, 5) is 14.1. The van der Waals surface area contributed by atoms with E-state index in [0.717, 1.165) is 6.42 Å². The number of carbonyl (C=O) groups is 1. The molecule has 1 rings (SSSR count). The van der Waals surface area contributed by atoms with Crippen molar-refractivity contribution in [2.75, 3.05) is 32.7 Å². The summed E-state index contributed by atoms with van der Waals surface area (Å²) >= 11 is 5.73. The minimum Gasteiger partial charge on any atom is -0.383 e. The number of amides is 1. The second-order valence-corrected chi connectivity index (χ2v) is 4.90. The van der Waals surface area contributed by atoms with Gasteiger partial charge in [-0.05, 0) is 18.8 Å². The zero-order chi connectivity index (χ0) is 12.0. The highest BCUT2D eigenvalue weighted by atomic mass is 35.5. The maximum atomic E-state index is 12.3. The third-order valence-electron chi connectivity index (χ3n) is 3.41. The van der Waals surface area contributed by atoms with Crippen LogP contribution in [0, 0.1) is 11.8 Å². The van der Waals surface area contributed by atoms with Crippen LogP contribution in [0.5, 0.6) is 0 Å². The lowest BCUT2D eigenvalue weighted by Crippen LogP contribution is -2.40. The normalized spacial score (nSPS) is 24.7. The fourth-order valence-corrected chi connectivity index (χ4v) is 2.59. The number of hydrogen-bond donors (Lipinski definition) is 0. The Morgan fingerprint density at radius 2 is 2.19 bits per heavy atom. The van der Waals surface area contributed by atoms with Crippen molar-refractivity contribution < 1.29 is 9.53 Å². The third-order valence-corrected chi connectivity index (χ3v) is 3.58. The molecule has 0 heterocycles. The van der Waals surface area contributed by atoms with Crippen LogP contribution in [-0.2, 0) is 9.53 Å². The molecule has 16 heavy (non-hydrogen) atoms. The van der Waals surface area contributed by atoms with Crippen LogP contribution in [0.3, 0.4) is 0 Å². The van der Waals surface area contributed by atoms with Crippen LogP contribution in [0.25, 0.3) is 0 Å². The molecule has 0 aromatic carbocycles. The summed E-state index contributed by atoms with van der Waals surface area (Å²) in [5, 5.41) is 0. The van der Waals surface area contributed by atoms with Crippen molar-refractivity contribution in [1.82, 2.24) is 4.90 Å². The van der Waals surface area contributed by atoms with Crippen LogP contribution < -0.4 is 0 Å². The quantitative estimate of drug-likeness (QED) is 0.673. The Hall–Kier alpha value is -0.280. The standard InChI is InChI=1S/C12H22ClNO2/c1-10-4-3-5-11(10)12(15)14(7-6-13)8-9-16-2/h10-11H,3-9H2,1-2H3. The van der Waals surface area contributed by atoms with Crippen LogP contribution in [0.1, 0.15) is 26.2 Å². The van der Waals surface area contributed by atoms with E-state index in [-0.39, 0.29) is 11.8 Å². The number of methoxy groups -OCH3 is 1. The first-order valence-corrected chi connectivity index (χ1v) is 6.57. The van der Waals surface area contributed by atoms with Crippen molar-refractivity contribution in [3.8, 4) is 0 Å². The smallest absolute Gasteiger partial charge is 0.226 e. The van der Waals surface area contributed by atoms with E-state index in [1.807, 2.05) is 4.90 Å². The molecular formula is C12H22ClNO2. The number of nitrogens with zero attached hydrogens (tertiary/aromatic N) is 1. The maximum absolute atomic E-state index is 12.3. The SMILES string of the molecule is COCCN(CCCl)C(=O)C1CCCC1C. The van der Waals surface area contributed by atoms with Crippen LogP contribution in [0.15, 0.2) is 0 Å². The molecule has 1 fully saturated rings. The van der Waals surface area contributed by atoms with E-state index in [4.69, 9.17) is 16.3 Å². The summed E-state index contributed by atoms with van der Waals surface area (Å²) in [6, 6.07) is 0. The average molecular weight is 248 g/mol. The molecule has 1 saturated carbocycles. The van der Waals surface area contributed by atoms with E-state index in [2.05, 4.69) is 6.92 Å². The predicted octanol–water partition coefficient (Wildman–Crippen LogP) is 2.14. The molecule has 2 atom stereocenters. The summed E-state index contributed by atoms with van der Waals surface area (Å²) in [6.07, 6.45) is 3.39. The van der Waals surface area contributed by atoms with Crippen molar-refractivity contribution in [2.24, 2.45) is 11.8 Å². The fraction of sp³-hybridized carbons (Fsp3) is 0.917. The maximum Gasteiger partial charge on any atom is 0.226 e. The second kappa shape index (κ2) is 7.13. The van der Waals surface area contributed by atoms with Crippen molar-refractivity contribution >= 4 is 17.5 Å². The summed E-state index contributed by atoms with van der Waals surface area (Å²) in [5.74, 6) is 1.49. The van der Waals surface area contributed by atoms with Crippen molar-refractivity contribution in [2.45, 2.75) is 26.2 Å². The number of carbonyl (C=O) groups excluding carboxylic acids is 1. The molecule has 0 radical (unpaired) electrons. The minimum absolute atomic E-state index is 0.208. The Morgan fingerprint density at radius 1 is 1.44 bits per heavy atom. The largest absolute Gasteiger partial charge is 0.383 e. The van der Waals surface area contributed by atoms with Gasteiger partial charge in [0.15, 0.2) is 0 Å². The van der Waals surface area contributed by atoms with Gasteiger partial charge >= 0.3 is 0 Å². The first-order chi connectivity index (χ1) is 7.70. The molecule has 0 spiro atoms. The third kappa shape index (κ3) is 3.63. The molecule has 0 saturated heterocycles. The Balaban J connectivity index is 2.51. The van der Waals surface area contributed by atoms with E-state index >= 15 is 0 Å². The molecule has 1 amide bonds. The first-order valence-electron chi connectivity index (χ1n) is 6.04. The molecule has 1 aliphatic rings. The van der Waals surface area contributed by atoms with Crippen molar-refractivity contribution in [3.05, 3.63) is 0 Å². The Labute approximate surface area is 103 Å². The zero-order valence-electron chi connectivity index (χ0n) is 10.2. The van der Waals surface area contributed by atoms with Gasteiger partial charge in [-0.1, -0.05) is 13.3 Å². The molecule has 94 valence electrons. The molecule has 0 aliphatic heterocycles. The van der Waals surface area contributed by atoms with Gasteiger partial charge in [-0.2, -0.15) is 0 Å². The van der Waals surface area contributed by atoms with Gasteiger partial charge < -0.3 is 9.64 Å². The number of rotatable bonds is 6.